The number of nitrogens with one attached hydrogen (secondary N) is 1. The number of pyridine rings is 1. The molecule has 0 unspecified atom stereocenters. The van der Waals surface area contributed by atoms with Gasteiger partial charge in [0, 0.05) is 34.6 Å². The van der Waals surface area contributed by atoms with E-state index in [0.717, 1.165) is 47.4 Å². The van der Waals surface area contributed by atoms with Gasteiger partial charge in [-0.2, -0.15) is 0 Å². The van der Waals surface area contributed by atoms with Crippen molar-refractivity contribution < 1.29 is 4.79 Å². The van der Waals surface area contributed by atoms with Crippen molar-refractivity contribution in [1.29, 1.82) is 0 Å². The number of fused-ring (bicyclic) bond motifs is 1. The zero-order valence-corrected chi connectivity index (χ0v) is 17.0. The van der Waals surface area contributed by atoms with Crippen LogP contribution in [0.3, 0.4) is 0 Å². The third kappa shape index (κ3) is 3.99. The van der Waals surface area contributed by atoms with Crippen LogP contribution in [0.15, 0.2) is 42.5 Å². The summed E-state index contributed by atoms with van der Waals surface area (Å²) < 4.78 is 0. The fourth-order valence-corrected chi connectivity index (χ4v) is 3.35. The number of nitrogen functional groups attached to an aromatic ring is 1. The molecule has 0 atom stereocenters. The highest BCUT2D eigenvalue weighted by Gasteiger charge is 2.14. The Labute approximate surface area is 166 Å². The van der Waals surface area contributed by atoms with Crippen molar-refractivity contribution in [2.75, 3.05) is 24.1 Å². The van der Waals surface area contributed by atoms with Gasteiger partial charge < -0.3 is 11.1 Å². The van der Waals surface area contributed by atoms with Gasteiger partial charge in [0.1, 0.15) is 0 Å². The molecule has 5 nitrogen and oxygen atoms in total. The summed E-state index contributed by atoms with van der Waals surface area (Å²) in [7, 11) is 0. The molecule has 1 heterocycles. The Balaban J connectivity index is 1.89. The second-order valence-electron chi connectivity index (χ2n) is 7.04. The van der Waals surface area contributed by atoms with Crippen molar-refractivity contribution in [3.8, 4) is 0 Å². The summed E-state index contributed by atoms with van der Waals surface area (Å²) in [5.74, 6) is -0.113. The van der Waals surface area contributed by atoms with E-state index in [-0.39, 0.29) is 5.91 Å². The first-order chi connectivity index (χ1) is 13.4. The fraction of sp³-hybridized carbons (Fsp3) is 0.304. The van der Waals surface area contributed by atoms with E-state index in [9.17, 15) is 4.79 Å². The van der Waals surface area contributed by atoms with Crippen molar-refractivity contribution in [1.82, 2.24) is 9.88 Å². The van der Waals surface area contributed by atoms with Crippen LogP contribution >= 0.6 is 0 Å². The lowest BCUT2D eigenvalue weighted by Crippen LogP contribution is -2.24. The van der Waals surface area contributed by atoms with Gasteiger partial charge in [-0.15, -0.1) is 0 Å². The molecular formula is C23H28N4O. The van der Waals surface area contributed by atoms with Crippen LogP contribution in [0.25, 0.3) is 10.9 Å². The van der Waals surface area contributed by atoms with Crippen molar-refractivity contribution in [3.05, 3.63) is 64.8 Å². The number of benzene rings is 2. The maximum Gasteiger partial charge on any atom is 0.255 e. The maximum absolute atomic E-state index is 13.0. The Morgan fingerprint density at radius 3 is 2.54 bits per heavy atom. The number of amides is 1. The Bertz CT molecular complexity index is 1010. The molecule has 1 amide bonds. The molecular weight excluding hydrogens is 348 g/mol. The fourth-order valence-electron chi connectivity index (χ4n) is 3.35. The van der Waals surface area contributed by atoms with Crippen molar-refractivity contribution in [3.63, 3.8) is 0 Å². The van der Waals surface area contributed by atoms with Crippen LogP contribution in [0.4, 0.5) is 11.4 Å². The Kier molecular flexibility index (Phi) is 5.95. The minimum atomic E-state index is -0.113. The number of carbonyl (C=O) groups excluding carboxylic acids is 1. The molecule has 3 N–H and O–H groups in total. The summed E-state index contributed by atoms with van der Waals surface area (Å²) >= 11 is 0. The van der Waals surface area contributed by atoms with Crippen LogP contribution in [0.2, 0.25) is 0 Å². The second-order valence-corrected chi connectivity index (χ2v) is 7.04. The quantitative estimate of drug-likeness (QED) is 0.663. The van der Waals surface area contributed by atoms with E-state index in [4.69, 9.17) is 5.73 Å². The lowest BCUT2D eigenvalue weighted by molar-refractivity contribution is 0.102. The molecule has 5 heteroatoms. The molecule has 0 aliphatic heterocycles. The van der Waals surface area contributed by atoms with E-state index in [0.29, 0.717) is 16.9 Å². The molecule has 0 saturated carbocycles. The van der Waals surface area contributed by atoms with Gasteiger partial charge in [-0.05, 0) is 62.3 Å². The Morgan fingerprint density at radius 2 is 1.82 bits per heavy atom. The normalized spacial score (nSPS) is 11.2. The van der Waals surface area contributed by atoms with Gasteiger partial charge in [0.15, 0.2) is 0 Å². The smallest absolute Gasteiger partial charge is 0.255 e. The van der Waals surface area contributed by atoms with Crippen LogP contribution in [0, 0.1) is 13.8 Å². The molecule has 28 heavy (non-hydrogen) atoms. The van der Waals surface area contributed by atoms with Gasteiger partial charge in [-0.3, -0.25) is 14.7 Å². The van der Waals surface area contributed by atoms with Crippen LogP contribution in [-0.4, -0.2) is 28.9 Å². The molecule has 2 aromatic carbocycles. The lowest BCUT2D eigenvalue weighted by atomic mass is 10.1. The first kappa shape index (κ1) is 19.8. The average molecular weight is 377 g/mol. The molecule has 0 radical (unpaired) electrons. The van der Waals surface area contributed by atoms with Crippen LogP contribution in [-0.2, 0) is 6.54 Å². The number of nitrogens with zero attached hydrogens (tertiary/aromatic N) is 2. The number of hydrogen-bond acceptors (Lipinski definition) is 4. The molecule has 1 aromatic heterocycles. The lowest BCUT2D eigenvalue weighted by Gasteiger charge is -2.20. The Morgan fingerprint density at radius 1 is 1.11 bits per heavy atom. The predicted octanol–water partition coefficient (Wildman–Crippen LogP) is 4.53. The summed E-state index contributed by atoms with van der Waals surface area (Å²) in [6.45, 7) is 10.8. The van der Waals surface area contributed by atoms with E-state index < -0.39 is 0 Å². The number of aryl methyl sites for hydroxylation is 1. The summed E-state index contributed by atoms with van der Waals surface area (Å²) in [6, 6.07) is 13.4. The predicted molar refractivity (Wildman–Crippen MR) is 117 cm³/mol. The van der Waals surface area contributed by atoms with Crippen LogP contribution < -0.4 is 11.1 Å². The molecule has 0 aliphatic carbocycles. The van der Waals surface area contributed by atoms with Crippen LogP contribution in [0.1, 0.15) is 41.0 Å². The molecule has 3 rings (SSSR count). The number of aromatic nitrogens is 1. The number of anilines is 2. The van der Waals surface area contributed by atoms with E-state index in [1.165, 1.54) is 0 Å². The molecule has 3 aromatic rings. The maximum atomic E-state index is 13.0. The summed E-state index contributed by atoms with van der Waals surface area (Å²) in [5.41, 5.74) is 12.2. The second kappa shape index (κ2) is 8.40. The van der Waals surface area contributed by atoms with E-state index in [2.05, 4.69) is 29.0 Å². The van der Waals surface area contributed by atoms with Gasteiger partial charge in [-0.1, -0.05) is 32.0 Å². The van der Waals surface area contributed by atoms with Crippen molar-refractivity contribution in [2.45, 2.75) is 34.2 Å². The average Bonchev–Trinajstić information content (AvgIpc) is 2.71. The first-order valence-corrected chi connectivity index (χ1v) is 9.72. The monoisotopic (exact) mass is 376 g/mol. The van der Waals surface area contributed by atoms with E-state index in [1.54, 1.807) is 0 Å². The molecule has 0 spiro atoms. The van der Waals surface area contributed by atoms with Crippen molar-refractivity contribution >= 4 is 28.2 Å². The van der Waals surface area contributed by atoms with Gasteiger partial charge >= 0.3 is 0 Å². The number of nitrogens with two attached hydrogens (primary N) is 1. The molecule has 0 saturated heterocycles. The third-order valence-electron chi connectivity index (χ3n) is 5.33. The highest BCUT2D eigenvalue weighted by atomic mass is 16.1. The molecule has 0 bridgehead atoms. The first-order valence-electron chi connectivity index (χ1n) is 9.72. The largest absolute Gasteiger partial charge is 0.398 e. The molecule has 0 aliphatic rings. The number of carbonyl (C=O) groups is 1. The van der Waals surface area contributed by atoms with E-state index >= 15 is 0 Å². The SMILES string of the molecule is CCN(CC)Cc1ccccc1C(=O)Nc1ccc2nc(C)c(C)c(N)c2c1. The third-order valence-corrected chi connectivity index (χ3v) is 5.33. The van der Waals surface area contributed by atoms with Gasteiger partial charge in [-0.25, -0.2) is 0 Å². The zero-order chi connectivity index (χ0) is 20.3. The van der Waals surface area contributed by atoms with Crippen LogP contribution in [0.5, 0.6) is 0 Å². The summed E-state index contributed by atoms with van der Waals surface area (Å²) in [6.07, 6.45) is 0. The van der Waals surface area contributed by atoms with Gasteiger partial charge in [0.05, 0.1) is 5.52 Å². The topological polar surface area (TPSA) is 71.2 Å². The highest BCUT2D eigenvalue weighted by molar-refractivity contribution is 6.06. The van der Waals surface area contributed by atoms with Crippen molar-refractivity contribution in [2.24, 2.45) is 0 Å². The Hall–Kier alpha value is -2.92. The van der Waals surface area contributed by atoms with Gasteiger partial charge in [0.2, 0.25) is 0 Å². The minimum Gasteiger partial charge on any atom is -0.398 e. The summed E-state index contributed by atoms with van der Waals surface area (Å²) in [4.78, 5) is 19.8. The standard InChI is InChI=1S/C23H28N4O/c1-5-27(6-2)14-17-9-7-8-10-19(17)23(28)26-18-11-12-21-20(13-18)22(24)15(3)16(4)25-21/h7-13H,5-6,14H2,1-4H3,(H2,24,25)(H,26,28). The number of hydrogen-bond donors (Lipinski definition) is 2. The van der Waals surface area contributed by atoms with E-state index in [1.807, 2.05) is 56.3 Å². The van der Waals surface area contributed by atoms with Gasteiger partial charge in [0.25, 0.3) is 5.91 Å². The number of rotatable bonds is 6. The minimum absolute atomic E-state index is 0.113. The molecule has 0 fully saturated rings. The zero-order valence-electron chi connectivity index (χ0n) is 17.0. The molecule has 146 valence electrons. The summed E-state index contributed by atoms with van der Waals surface area (Å²) in [5, 5.41) is 3.88. The highest BCUT2D eigenvalue weighted by Crippen LogP contribution is 2.28.